The Morgan fingerprint density at radius 1 is 1.22 bits per heavy atom. The number of anilines is 4. The first kappa shape index (κ1) is 23.6. The summed E-state index contributed by atoms with van der Waals surface area (Å²) < 4.78 is 15.7. The molecule has 1 atom stereocenters. The molecule has 3 heterocycles. The van der Waals surface area contributed by atoms with E-state index in [4.69, 9.17) is 0 Å². The fraction of sp³-hybridized carbons (Fsp3) is 0.214. The Morgan fingerprint density at radius 2 is 2.08 bits per heavy atom. The SMILES string of the molecule is C=CC(=O)Nc1cc(Nc2cc3c(-c4cccc(F)c4)ccn3cn2)ccc1N(C)C1CCN(C)C1. The summed E-state index contributed by atoms with van der Waals surface area (Å²) in [5.41, 5.74) is 5.04. The number of likely N-dealkylation sites (tertiary alicyclic amines) is 1. The standard InChI is InChI=1S/C28H29FN6O/c1-4-28(36)32-24-15-21(8-9-25(24)34(3)22-10-12-33(2)17-22)31-27-16-26-23(11-13-35(26)18-30-27)19-6-5-7-20(29)14-19/h4-9,11,13-16,18,22,31H,1,10,12,17H2,2-3H3,(H,32,36). The molecule has 1 unspecified atom stereocenters. The molecule has 1 amide bonds. The summed E-state index contributed by atoms with van der Waals surface area (Å²) >= 11 is 0. The van der Waals surface area contributed by atoms with E-state index < -0.39 is 0 Å². The van der Waals surface area contributed by atoms with Crippen molar-refractivity contribution in [1.29, 1.82) is 0 Å². The van der Waals surface area contributed by atoms with Crippen molar-refractivity contribution in [2.45, 2.75) is 12.5 Å². The Kier molecular flexibility index (Phi) is 6.43. The maximum atomic E-state index is 13.8. The topological polar surface area (TPSA) is 64.9 Å². The summed E-state index contributed by atoms with van der Waals surface area (Å²) in [5.74, 6) is 0.0961. The highest BCUT2D eigenvalue weighted by Crippen LogP contribution is 2.33. The second kappa shape index (κ2) is 9.83. The van der Waals surface area contributed by atoms with Gasteiger partial charge in [-0.1, -0.05) is 18.7 Å². The fourth-order valence-electron chi connectivity index (χ4n) is 4.75. The van der Waals surface area contributed by atoms with Crippen LogP contribution in [-0.2, 0) is 4.79 Å². The Balaban J connectivity index is 1.45. The zero-order valence-corrected chi connectivity index (χ0v) is 20.4. The Labute approximate surface area is 209 Å². The van der Waals surface area contributed by atoms with Crippen molar-refractivity contribution in [2.75, 3.05) is 42.7 Å². The van der Waals surface area contributed by atoms with E-state index in [2.05, 4.69) is 46.1 Å². The number of fused-ring (bicyclic) bond motifs is 1. The first-order valence-corrected chi connectivity index (χ1v) is 11.9. The molecule has 184 valence electrons. The minimum absolute atomic E-state index is 0.266. The number of aromatic nitrogens is 2. The number of carbonyl (C=O) groups excluding carboxylic acids is 1. The molecule has 0 spiro atoms. The minimum Gasteiger partial charge on any atom is -0.369 e. The molecule has 2 N–H and O–H groups in total. The first-order chi connectivity index (χ1) is 17.4. The zero-order valence-electron chi connectivity index (χ0n) is 20.4. The summed E-state index contributed by atoms with van der Waals surface area (Å²) in [5, 5.41) is 6.30. The first-order valence-electron chi connectivity index (χ1n) is 11.9. The third kappa shape index (κ3) is 4.81. The lowest BCUT2D eigenvalue weighted by Crippen LogP contribution is -2.34. The molecule has 1 aliphatic rings. The maximum absolute atomic E-state index is 13.8. The van der Waals surface area contributed by atoms with Gasteiger partial charge in [-0.3, -0.25) is 4.79 Å². The van der Waals surface area contributed by atoms with E-state index in [1.165, 1.54) is 18.2 Å². The van der Waals surface area contributed by atoms with Gasteiger partial charge in [-0.05, 0) is 68.1 Å². The lowest BCUT2D eigenvalue weighted by atomic mass is 10.1. The molecule has 0 saturated carbocycles. The van der Waals surface area contributed by atoms with Gasteiger partial charge in [0, 0.05) is 43.1 Å². The highest BCUT2D eigenvalue weighted by Gasteiger charge is 2.25. The van der Waals surface area contributed by atoms with Crippen LogP contribution in [0.15, 0.2) is 79.8 Å². The van der Waals surface area contributed by atoms with Crippen LogP contribution in [0, 0.1) is 5.82 Å². The van der Waals surface area contributed by atoms with Gasteiger partial charge in [-0.2, -0.15) is 0 Å². The van der Waals surface area contributed by atoms with Crippen molar-refractivity contribution < 1.29 is 9.18 Å². The predicted octanol–water partition coefficient (Wildman–Crippen LogP) is 5.15. The van der Waals surface area contributed by atoms with Crippen molar-refractivity contribution in [3.05, 3.63) is 85.6 Å². The molecule has 4 aromatic rings. The van der Waals surface area contributed by atoms with Crippen LogP contribution in [0.3, 0.4) is 0 Å². The van der Waals surface area contributed by atoms with E-state index >= 15 is 0 Å². The molecule has 7 nitrogen and oxygen atoms in total. The third-order valence-electron chi connectivity index (χ3n) is 6.69. The van der Waals surface area contributed by atoms with Crippen molar-refractivity contribution in [3.63, 3.8) is 0 Å². The molecule has 0 aliphatic carbocycles. The highest BCUT2D eigenvalue weighted by atomic mass is 19.1. The normalized spacial score (nSPS) is 15.7. The number of amides is 1. The van der Waals surface area contributed by atoms with Gasteiger partial charge in [0.05, 0.1) is 16.9 Å². The van der Waals surface area contributed by atoms with E-state index in [-0.39, 0.29) is 11.7 Å². The summed E-state index contributed by atoms with van der Waals surface area (Å²) in [6, 6.07) is 16.7. The maximum Gasteiger partial charge on any atom is 0.247 e. The van der Waals surface area contributed by atoms with E-state index in [0.29, 0.717) is 17.5 Å². The van der Waals surface area contributed by atoms with Crippen molar-refractivity contribution in [1.82, 2.24) is 14.3 Å². The fourth-order valence-corrected chi connectivity index (χ4v) is 4.75. The number of hydrogen-bond donors (Lipinski definition) is 2. The monoisotopic (exact) mass is 484 g/mol. The molecule has 2 aromatic carbocycles. The molecule has 1 fully saturated rings. The zero-order chi connectivity index (χ0) is 25.2. The number of benzene rings is 2. The summed E-state index contributed by atoms with van der Waals surface area (Å²) in [6.45, 7) is 5.61. The van der Waals surface area contributed by atoms with Crippen LogP contribution in [-0.4, -0.2) is 53.4 Å². The quantitative estimate of drug-likeness (QED) is 0.355. The number of rotatable bonds is 7. The summed E-state index contributed by atoms with van der Waals surface area (Å²) in [4.78, 5) is 21.2. The minimum atomic E-state index is -0.275. The van der Waals surface area contributed by atoms with Gasteiger partial charge in [0.25, 0.3) is 0 Å². The smallest absolute Gasteiger partial charge is 0.247 e. The molecule has 5 rings (SSSR count). The molecule has 1 aliphatic heterocycles. The average molecular weight is 485 g/mol. The Bertz CT molecular complexity index is 1430. The molecular weight excluding hydrogens is 455 g/mol. The van der Waals surface area contributed by atoms with Gasteiger partial charge in [0.1, 0.15) is 18.0 Å². The molecule has 1 saturated heterocycles. The van der Waals surface area contributed by atoms with Crippen LogP contribution >= 0.6 is 0 Å². The summed E-state index contributed by atoms with van der Waals surface area (Å²) in [7, 11) is 4.18. The van der Waals surface area contributed by atoms with Crippen LogP contribution < -0.4 is 15.5 Å². The van der Waals surface area contributed by atoms with Crippen molar-refractivity contribution >= 4 is 34.3 Å². The van der Waals surface area contributed by atoms with Gasteiger partial charge in [-0.25, -0.2) is 9.37 Å². The molecule has 0 radical (unpaired) electrons. The Morgan fingerprint density at radius 3 is 2.83 bits per heavy atom. The van der Waals surface area contributed by atoms with E-state index in [1.54, 1.807) is 12.4 Å². The molecule has 0 bridgehead atoms. The molecule has 2 aromatic heterocycles. The average Bonchev–Trinajstić information content (AvgIpc) is 3.50. The third-order valence-corrected chi connectivity index (χ3v) is 6.69. The van der Waals surface area contributed by atoms with E-state index in [0.717, 1.165) is 47.5 Å². The number of likely N-dealkylation sites (N-methyl/N-ethyl adjacent to an activating group) is 2. The second-order valence-electron chi connectivity index (χ2n) is 9.17. The number of hydrogen-bond acceptors (Lipinski definition) is 5. The largest absolute Gasteiger partial charge is 0.369 e. The lowest BCUT2D eigenvalue weighted by molar-refractivity contribution is -0.111. The van der Waals surface area contributed by atoms with Gasteiger partial charge in [0.2, 0.25) is 5.91 Å². The number of halogens is 1. The number of nitrogens with zero attached hydrogens (tertiary/aromatic N) is 4. The van der Waals surface area contributed by atoms with Gasteiger partial charge >= 0.3 is 0 Å². The van der Waals surface area contributed by atoms with Gasteiger partial charge < -0.3 is 24.8 Å². The lowest BCUT2D eigenvalue weighted by Gasteiger charge is -2.29. The van der Waals surface area contributed by atoms with Crippen LogP contribution in [0.2, 0.25) is 0 Å². The number of carbonyl (C=O) groups is 1. The molecule has 8 heteroatoms. The van der Waals surface area contributed by atoms with Crippen LogP contribution in [0.25, 0.3) is 16.6 Å². The predicted molar refractivity (Wildman–Crippen MR) is 143 cm³/mol. The van der Waals surface area contributed by atoms with Crippen molar-refractivity contribution in [3.8, 4) is 11.1 Å². The second-order valence-corrected chi connectivity index (χ2v) is 9.17. The van der Waals surface area contributed by atoms with E-state index in [9.17, 15) is 9.18 Å². The van der Waals surface area contributed by atoms with Gasteiger partial charge in [-0.15, -0.1) is 0 Å². The Hall–Kier alpha value is -4.17. The van der Waals surface area contributed by atoms with Crippen LogP contribution in [0.5, 0.6) is 0 Å². The number of nitrogens with one attached hydrogen (secondary N) is 2. The highest BCUT2D eigenvalue weighted by molar-refractivity contribution is 6.01. The molecular formula is C28H29FN6O. The summed E-state index contributed by atoms with van der Waals surface area (Å²) in [6.07, 6.45) is 5.96. The van der Waals surface area contributed by atoms with E-state index in [1.807, 2.05) is 47.0 Å². The van der Waals surface area contributed by atoms with Gasteiger partial charge in [0.15, 0.2) is 0 Å². The van der Waals surface area contributed by atoms with Crippen LogP contribution in [0.1, 0.15) is 6.42 Å². The van der Waals surface area contributed by atoms with Crippen molar-refractivity contribution in [2.24, 2.45) is 0 Å². The van der Waals surface area contributed by atoms with Crippen LogP contribution in [0.4, 0.5) is 27.3 Å². The molecule has 36 heavy (non-hydrogen) atoms.